The topological polar surface area (TPSA) is 18.5 Å². The third-order valence-corrected chi connectivity index (χ3v) is 1.86. The Kier molecular flexibility index (Phi) is 4.50. The summed E-state index contributed by atoms with van der Waals surface area (Å²) in [6, 6.07) is 0. The number of rotatable bonds is 6. The Bertz CT molecular complexity index is 176. The Hall–Kier alpha value is -0.860. The minimum absolute atomic E-state index is 0.188. The summed E-state index contributed by atoms with van der Waals surface area (Å²) >= 11 is 0. The van der Waals surface area contributed by atoms with Crippen molar-refractivity contribution in [1.29, 1.82) is 0 Å². The Morgan fingerprint density at radius 2 is 1.54 bits per heavy atom. The van der Waals surface area contributed by atoms with Crippen molar-refractivity contribution in [3.63, 3.8) is 0 Å². The first-order valence-corrected chi connectivity index (χ1v) is 4.50. The molecule has 0 aliphatic heterocycles. The van der Waals surface area contributed by atoms with Gasteiger partial charge < -0.3 is 9.47 Å². The quantitative estimate of drug-likeness (QED) is 0.583. The molecule has 0 radical (unpaired) electrons. The predicted molar refractivity (Wildman–Crippen MR) is 53.6 cm³/mol. The van der Waals surface area contributed by atoms with Gasteiger partial charge in [0.15, 0.2) is 0 Å². The van der Waals surface area contributed by atoms with Crippen molar-refractivity contribution < 1.29 is 9.47 Å². The largest absolute Gasteiger partial charge is 0.370 e. The van der Waals surface area contributed by atoms with Crippen LogP contribution in [0.5, 0.6) is 0 Å². The van der Waals surface area contributed by atoms with Gasteiger partial charge in [0.1, 0.15) is 0 Å². The summed E-state index contributed by atoms with van der Waals surface area (Å²) in [6.45, 7) is 8.39. The van der Waals surface area contributed by atoms with E-state index in [4.69, 9.17) is 9.47 Å². The molecule has 0 aromatic carbocycles. The van der Waals surface area contributed by atoms with Crippen molar-refractivity contribution in [2.45, 2.75) is 18.6 Å². The summed E-state index contributed by atoms with van der Waals surface area (Å²) in [7, 11) is 0. The van der Waals surface area contributed by atoms with Gasteiger partial charge in [-0.1, -0.05) is 24.3 Å². The van der Waals surface area contributed by atoms with Crippen LogP contribution in [0.2, 0.25) is 0 Å². The zero-order valence-corrected chi connectivity index (χ0v) is 7.82. The van der Waals surface area contributed by atoms with E-state index >= 15 is 0 Å². The normalized spacial score (nSPS) is 26.2. The highest BCUT2D eigenvalue weighted by Gasteiger charge is 2.18. The zero-order valence-electron chi connectivity index (χ0n) is 7.82. The summed E-state index contributed by atoms with van der Waals surface area (Å²) in [6.07, 6.45) is 8.87. The number of hydrogen-bond donors (Lipinski definition) is 0. The maximum Gasteiger partial charge on any atom is 0.0788 e. The average molecular weight is 180 g/mol. The van der Waals surface area contributed by atoms with Gasteiger partial charge in [-0.05, 0) is 0 Å². The Morgan fingerprint density at radius 3 is 1.92 bits per heavy atom. The molecule has 2 nitrogen and oxygen atoms in total. The highest BCUT2D eigenvalue weighted by atomic mass is 16.5. The van der Waals surface area contributed by atoms with Crippen LogP contribution in [0.4, 0.5) is 0 Å². The van der Waals surface area contributed by atoms with E-state index < -0.39 is 0 Å². The van der Waals surface area contributed by atoms with Crippen LogP contribution < -0.4 is 0 Å². The molecule has 1 aliphatic carbocycles. The predicted octanol–water partition coefficient (Wildman–Crippen LogP) is 2.09. The lowest BCUT2D eigenvalue weighted by Gasteiger charge is -2.11. The van der Waals surface area contributed by atoms with E-state index in [1.165, 1.54) is 0 Å². The molecule has 0 amide bonds. The van der Waals surface area contributed by atoms with Crippen LogP contribution in [0.1, 0.15) is 6.42 Å². The fraction of sp³-hybridized carbons (Fsp3) is 0.455. The van der Waals surface area contributed by atoms with E-state index in [1.807, 2.05) is 12.2 Å². The van der Waals surface area contributed by atoms with Crippen molar-refractivity contribution in [1.82, 2.24) is 0 Å². The van der Waals surface area contributed by atoms with Crippen LogP contribution >= 0.6 is 0 Å². The lowest BCUT2D eigenvalue weighted by atomic mass is 10.3. The Balaban J connectivity index is 2.17. The van der Waals surface area contributed by atoms with Gasteiger partial charge in [0, 0.05) is 6.42 Å². The summed E-state index contributed by atoms with van der Waals surface area (Å²) < 4.78 is 10.9. The molecule has 13 heavy (non-hydrogen) atoms. The van der Waals surface area contributed by atoms with Gasteiger partial charge in [0.25, 0.3) is 0 Å². The van der Waals surface area contributed by atoms with Gasteiger partial charge in [0.2, 0.25) is 0 Å². The van der Waals surface area contributed by atoms with E-state index in [1.54, 1.807) is 12.2 Å². The lowest BCUT2D eigenvalue weighted by Crippen LogP contribution is -2.14. The SMILES string of the molecule is C=CCO[C@@H]1C=C[C@@H](OCC=C)C1. The third-order valence-electron chi connectivity index (χ3n) is 1.86. The van der Waals surface area contributed by atoms with Crippen molar-refractivity contribution in [3.05, 3.63) is 37.5 Å². The molecular weight excluding hydrogens is 164 g/mol. The van der Waals surface area contributed by atoms with E-state index in [9.17, 15) is 0 Å². The second-order valence-electron chi connectivity index (χ2n) is 2.94. The Labute approximate surface area is 79.5 Å². The maximum absolute atomic E-state index is 5.45. The highest BCUT2D eigenvalue weighted by Crippen LogP contribution is 2.16. The molecule has 0 aromatic rings. The van der Waals surface area contributed by atoms with Crippen LogP contribution in [-0.2, 0) is 9.47 Å². The molecule has 0 spiro atoms. The summed E-state index contributed by atoms with van der Waals surface area (Å²) in [5.74, 6) is 0. The first kappa shape index (κ1) is 10.2. The summed E-state index contributed by atoms with van der Waals surface area (Å²) in [5.41, 5.74) is 0. The van der Waals surface area contributed by atoms with Crippen LogP contribution in [0.15, 0.2) is 37.5 Å². The number of hydrogen-bond acceptors (Lipinski definition) is 2. The standard InChI is InChI=1S/C11H16O2/c1-3-7-12-10-5-6-11(9-10)13-8-4-2/h3-6,10-11H,1-2,7-9H2/t10-,11-/m1/s1. The molecule has 2 heteroatoms. The van der Waals surface area contributed by atoms with Gasteiger partial charge in [-0.15, -0.1) is 13.2 Å². The molecule has 2 atom stereocenters. The number of ether oxygens (including phenoxy) is 2. The zero-order chi connectivity index (χ0) is 9.52. The summed E-state index contributed by atoms with van der Waals surface area (Å²) in [5, 5.41) is 0. The maximum atomic E-state index is 5.45. The average Bonchev–Trinajstić information content (AvgIpc) is 2.59. The third kappa shape index (κ3) is 3.57. The molecule has 0 unspecified atom stereocenters. The van der Waals surface area contributed by atoms with Gasteiger partial charge in [-0.2, -0.15) is 0 Å². The van der Waals surface area contributed by atoms with Crippen molar-refractivity contribution in [2.24, 2.45) is 0 Å². The highest BCUT2D eigenvalue weighted by molar-refractivity contribution is 5.05. The fourth-order valence-electron chi connectivity index (χ4n) is 1.26. The van der Waals surface area contributed by atoms with E-state index in [-0.39, 0.29) is 12.2 Å². The first-order chi connectivity index (χ1) is 6.36. The second-order valence-corrected chi connectivity index (χ2v) is 2.94. The van der Waals surface area contributed by atoms with Gasteiger partial charge in [-0.3, -0.25) is 0 Å². The molecule has 0 bridgehead atoms. The van der Waals surface area contributed by atoms with Gasteiger partial charge >= 0.3 is 0 Å². The molecule has 0 saturated heterocycles. The molecule has 0 aromatic heterocycles. The monoisotopic (exact) mass is 180 g/mol. The van der Waals surface area contributed by atoms with Crippen molar-refractivity contribution in [3.8, 4) is 0 Å². The minimum atomic E-state index is 0.188. The summed E-state index contributed by atoms with van der Waals surface area (Å²) in [4.78, 5) is 0. The minimum Gasteiger partial charge on any atom is -0.370 e. The molecular formula is C11H16O2. The fourth-order valence-corrected chi connectivity index (χ4v) is 1.26. The van der Waals surface area contributed by atoms with Crippen LogP contribution in [0.25, 0.3) is 0 Å². The molecule has 0 fully saturated rings. The van der Waals surface area contributed by atoms with Crippen molar-refractivity contribution >= 4 is 0 Å². The lowest BCUT2D eigenvalue weighted by molar-refractivity contribution is 0.0531. The van der Waals surface area contributed by atoms with Crippen LogP contribution in [0, 0.1) is 0 Å². The second kappa shape index (κ2) is 5.73. The molecule has 0 heterocycles. The molecule has 72 valence electrons. The molecule has 0 N–H and O–H groups in total. The van der Waals surface area contributed by atoms with Crippen LogP contribution in [-0.4, -0.2) is 25.4 Å². The van der Waals surface area contributed by atoms with Gasteiger partial charge in [0.05, 0.1) is 25.4 Å². The van der Waals surface area contributed by atoms with E-state index in [0.29, 0.717) is 13.2 Å². The Morgan fingerprint density at radius 1 is 1.08 bits per heavy atom. The van der Waals surface area contributed by atoms with E-state index in [2.05, 4.69) is 13.2 Å². The van der Waals surface area contributed by atoms with Crippen molar-refractivity contribution in [2.75, 3.05) is 13.2 Å². The van der Waals surface area contributed by atoms with Gasteiger partial charge in [-0.25, -0.2) is 0 Å². The van der Waals surface area contributed by atoms with E-state index in [0.717, 1.165) is 6.42 Å². The van der Waals surface area contributed by atoms with Crippen LogP contribution in [0.3, 0.4) is 0 Å². The smallest absolute Gasteiger partial charge is 0.0788 e. The first-order valence-electron chi connectivity index (χ1n) is 4.50. The molecule has 0 saturated carbocycles. The molecule has 1 rings (SSSR count). The molecule has 1 aliphatic rings.